The summed E-state index contributed by atoms with van der Waals surface area (Å²) in [6, 6.07) is 5.70. The number of aliphatic hydroxyl groups excluding tert-OH is 1. The molecule has 2 rings (SSSR count). The topological polar surface area (TPSA) is 35.5 Å². The van der Waals surface area contributed by atoms with Crippen LogP contribution in [0.1, 0.15) is 32.3 Å². The fraction of sp³-hybridized carbons (Fsp3) is 0.600. The molecular weight excluding hydrogens is 243 g/mol. The predicted molar refractivity (Wildman–Crippen MR) is 75.8 cm³/mol. The van der Waals surface area contributed by atoms with Crippen LogP contribution in [0.2, 0.25) is 0 Å². The van der Waals surface area contributed by atoms with Gasteiger partial charge < -0.3 is 15.3 Å². The highest BCUT2D eigenvalue weighted by molar-refractivity contribution is 5.50. The summed E-state index contributed by atoms with van der Waals surface area (Å²) in [6.45, 7) is 6.38. The molecule has 0 radical (unpaired) electrons. The predicted octanol–water partition coefficient (Wildman–Crippen LogP) is 2.28. The molecule has 3 nitrogen and oxygen atoms in total. The van der Waals surface area contributed by atoms with Crippen LogP contribution in [0.5, 0.6) is 0 Å². The van der Waals surface area contributed by atoms with Gasteiger partial charge in [0.1, 0.15) is 5.82 Å². The molecule has 1 saturated heterocycles. The number of anilines is 1. The Morgan fingerprint density at radius 1 is 1.37 bits per heavy atom. The van der Waals surface area contributed by atoms with E-state index in [1.165, 1.54) is 6.07 Å². The number of nitrogens with zero attached hydrogens (tertiary/aromatic N) is 1. The Morgan fingerprint density at radius 2 is 2.05 bits per heavy atom. The summed E-state index contributed by atoms with van der Waals surface area (Å²) >= 11 is 0. The molecule has 0 aliphatic carbocycles. The van der Waals surface area contributed by atoms with E-state index in [0.717, 1.165) is 25.2 Å². The maximum absolute atomic E-state index is 13.9. The van der Waals surface area contributed by atoms with Crippen LogP contribution in [-0.4, -0.2) is 30.3 Å². The molecular formula is C15H23FN2O. The van der Waals surface area contributed by atoms with Crippen molar-refractivity contribution in [1.82, 2.24) is 5.32 Å². The van der Waals surface area contributed by atoms with Gasteiger partial charge in [-0.1, -0.05) is 19.9 Å². The van der Waals surface area contributed by atoms with Gasteiger partial charge in [-0.2, -0.15) is 0 Å². The molecule has 0 bridgehead atoms. The lowest BCUT2D eigenvalue weighted by atomic mass is 10.1. The van der Waals surface area contributed by atoms with Gasteiger partial charge in [-0.25, -0.2) is 4.39 Å². The molecule has 1 aromatic rings. The van der Waals surface area contributed by atoms with Gasteiger partial charge in [0.15, 0.2) is 0 Å². The standard InChI is InChI=1S/C15H23FN2O/c1-11(2)17-10-12-3-4-14(16)15(9-12)18-7-5-13(19)6-8-18/h3-4,9,11,13,17,19H,5-8,10H2,1-2H3. The zero-order valence-corrected chi connectivity index (χ0v) is 11.7. The normalized spacial score (nSPS) is 17.2. The van der Waals surface area contributed by atoms with E-state index < -0.39 is 0 Å². The van der Waals surface area contributed by atoms with E-state index in [1.54, 1.807) is 0 Å². The smallest absolute Gasteiger partial charge is 0.146 e. The second-order valence-corrected chi connectivity index (χ2v) is 5.54. The summed E-state index contributed by atoms with van der Waals surface area (Å²) in [5.74, 6) is -0.176. The van der Waals surface area contributed by atoms with Crippen LogP contribution in [0.3, 0.4) is 0 Å². The first kappa shape index (κ1) is 14.3. The van der Waals surface area contributed by atoms with E-state index in [0.29, 0.717) is 24.6 Å². The third-order valence-corrected chi connectivity index (χ3v) is 3.53. The molecule has 0 aromatic heterocycles. The Morgan fingerprint density at radius 3 is 2.68 bits per heavy atom. The van der Waals surface area contributed by atoms with Crippen LogP contribution in [-0.2, 0) is 6.54 Å². The minimum atomic E-state index is -0.231. The molecule has 106 valence electrons. The van der Waals surface area contributed by atoms with Gasteiger partial charge in [0, 0.05) is 25.7 Å². The lowest BCUT2D eigenvalue weighted by molar-refractivity contribution is 0.145. The number of nitrogens with one attached hydrogen (secondary N) is 1. The SMILES string of the molecule is CC(C)NCc1ccc(F)c(N2CCC(O)CC2)c1. The zero-order valence-electron chi connectivity index (χ0n) is 11.7. The van der Waals surface area contributed by atoms with Gasteiger partial charge in [0.05, 0.1) is 11.8 Å². The molecule has 1 aromatic carbocycles. The van der Waals surface area contributed by atoms with Gasteiger partial charge in [-0.05, 0) is 30.5 Å². The van der Waals surface area contributed by atoms with E-state index >= 15 is 0 Å². The van der Waals surface area contributed by atoms with Gasteiger partial charge >= 0.3 is 0 Å². The first-order chi connectivity index (χ1) is 9.06. The molecule has 19 heavy (non-hydrogen) atoms. The number of benzene rings is 1. The van der Waals surface area contributed by atoms with Crippen LogP contribution in [0.15, 0.2) is 18.2 Å². The molecule has 1 aliphatic heterocycles. The average Bonchev–Trinajstić information content (AvgIpc) is 2.39. The first-order valence-corrected chi connectivity index (χ1v) is 7.01. The molecule has 4 heteroatoms. The summed E-state index contributed by atoms with van der Waals surface area (Å²) in [5.41, 5.74) is 1.76. The Kier molecular flexibility index (Phi) is 4.77. The van der Waals surface area contributed by atoms with Crippen molar-refractivity contribution in [3.05, 3.63) is 29.6 Å². The van der Waals surface area contributed by atoms with Crippen molar-refractivity contribution in [1.29, 1.82) is 0 Å². The van der Waals surface area contributed by atoms with E-state index in [9.17, 15) is 9.50 Å². The van der Waals surface area contributed by atoms with Crippen molar-refractivity contribution in [3.8, 4) is 0 Å². The molecule has 0 unspecified atom stereocenters. The second-order valence-electron chi connectivity index (χ2n) is 5.54. The Hall–Kier alpha value is -1.13. The van der Waals surface area contributed by atoms with Gasteiger partial charge in [-0.15, -0.1) is 0 Å². The average molecular weight is 266 g/mol. The van der Waals surface area contributed by atoms with Gasteiger partial charge in [0.2, 0.25) is 0 Å². The van der Waals surface area contributed by atoms with Crippen molar-refractivity contribution >= 4 is 5.69 Å². The quantitative estimate of drug-likeness (QED) is 0.877. The number of hydrogen-bond donors (Lipinski definition) is 2. The molecule has 1 aliphatic rings. The lowest BCUT2D eigenvalue weighted by Gasteiger charge is -2.32. The Bertz CT molecular complexity index is 415. The van der Waals surface area contributed by atoms with Crippen molar-refractivity contribution in [2.24, 2.45) is 0 Å². The van der Waals surface area contributed by atoms with Gasteiger partial charge in [0.25, 0.3) is 0 Å². The largest absolute Gasteiger partial charge is 0.393 e. The lowest BCUT2D eigenvalue weighted by Crippen LogP contribution is -2.36. The summed E-state index contributed by atoms with van der Waals surface area (Å²) < 4.78 is 13.9. The molecule has 2 N–H and O–H groups in total. The highest BCUT2D eigenvalue weighted by Crippen LogP contribution is 2.24. The summed E-state index contributed by atoms with van der Waals surface area (Å²) in [5, 5.41) is 12.9. The molecule has 0 saturated carbocycles. The number of hydrogen-bond acceptors (Lipinski definition) is 3. The maximum atomic E-state index is 13.9. The van der Waals surface area contributed by atoms with Crippen LogP contribution < -0.4 is 10.2 Å². The van der Waals surface area contributed by atoms with Crippen LogP contribution in [0.4, 0.5) is 10.1 Å². The fourth-order valence-electron chi connectivity index (χ4n) is 2.34. The number of aliphatic hydroxyl groups is 1. The highest BCUT2D eigenvalue weighted by atomic mass is 19.1. The van der Waals surface area contributed by atoms with Crippen molar-refractivity contribution < 1.29 is 9.50 Å². The van der Waals surface area contributed by atoms with Crippen LogP contribution in [0.25, 0.3) is 0 Å². The van der Waals surface area contributed by atoms with Crippen molar-refractivity contribution in [3.63, 3.8) is 0 Å². The number of piperidine rings is 1. The fourth-order valence-corrected chi connectivity index (χ4v) is 2.34. The third kappa shape index (κ3) is 3.91. The van der Waals surface area contributed by atoms with Crippen LogP contribution in [0, 0.1) is 5.82 Å². The second kappa shape index (κ2) is 6.35. The van der Waals surface area contributed by atoms with Crippen LogP contribution >= 0.6 is 0 Å². The molecule has 1 heterocycles. The Labute approximate surface area is 114 Å². The minimum Gasteiger partial charge on any atom is -0.393 e. The maximum Gasteiger partial charge on any atom is 0.146 e. The molecule has 0 spiro atoms. The van der Waals surface area contributed by atoms with Crippen molar-refractivity contribution in [2.75, 3.05) is 18.0 Å². The summed E-state index contributed by atoms with van der Waals surface area (Å²) in [4.78, 5) is 2.03. The van der Waals surface area contributed by atoms with E-state index in [2.05, 4.69) is 19.2 Å². The van der Waals surface area contributed by atoms with Crippen molar-refractivity contribution in [2.45, 2.75) is 45.4 Å². The first-order valence-electron chi connectivity index (χ1n) is 7.01. The zero-order chi connectivity index (χ0) is 13.8. The third-order valence-electron chi connectivity index (χ3n) is 3.53. The van der Waals surface area contributed by atoms with Gasteiger partial charge in [-0.3, -0.25) is 0 Å². The molecule has 0 amide bonds. The van der Waals surface area contributed by atoms with E-state index in [1.807, 2.05) is 17.0 Å². The van der Waals surface area contributed by atoms with E-state index in [-0.39, 0.29) is 11.9 Å². The molecule has 0 atom stereocenters. The summed E-state index contributed by atoms with van der Waals surface area (Å²) in [6.07, 6.45) is 1.20. The molecule has 1 fully saturated rings. The number of rotatable bonds is 4. The Balaban J connectivity index is 2.08. The van der Waals surface area contributed by atoms with E-state index in [4.69, 9.17) is 0 Å². The summed E-state index contributed by atoms with van der Waals surface area (Å²) in [7, 11) is 0. The highest BCUT2D eigenvalue weighted by Gasteiger charge is 2.19. The number of halogens is 1. The monoisotopic (exact) mass is 266 g/mol. The minimum absolute atomic E-state index is 0.176.